The molecule has 0 amide bonds. The average molecular weight is 273 g/mol. The van der Waals surface area contributed by atoms with E-state index in [0.29, 0.717) is 11.1 Å². The molecule has 0 aliphatic heterocycles. The van der Waals surface area contributed by atoms with Gasteiger partial charge in [-0.25, -0.2) is 0 Å². The zero-order valence-corrected chi connectivity index (χ0v) is 12.0. The fourth-order valence-electron chi connectivity index (χ4n) is 1.84. The highest BCUT2D eigenvalue weighted by molar-refractivity contribution is 5.56. The van der Waals surface area contributed by atoms with Crippen LogP contribution < -0.4 is 0 Å². The highest BCUT2D eigenvalue weighted by Gasteiger charge is 2.01. The van der Waals surface area contributed by atoms with Gasteiger partial charge in [0, 0.05) is 20.8 Å². The lowest BCUT2D eigenvalue weighted by Crippen LogP contribution is -1.87. The molecule has 1 nitrogen and oxygen atoms in total. The van der Waals surface area contributed by atoms with Gasteiger partial charge in [0.2, 0.25) is 0 Å². The van der Waals surface area contributed by atoms with Crippen molar-refractivity contribution in [2.45, 2.75) is 13.8 Å². The van der Waals surface area contributed by atoms with E-state index in [-0.39, 0.29) is 5.56 Å². The smallest absolute Gasteiger partial charge is 0.101 e. The van der Waals surface area contributed by atoms with Crippen LogP contribution in [0, 0.1) is 36.6 Å². The van der Waals surface area contributed by atoms with Crippen molar-refractivity contribution in [3.05, 3.63) is 75.1 Å². The van der Waals surface area contributed by atoms with Crippen LogP contribution in [0.2, 0.25) is 0 Å². The van der Waals surface area contributed by atoms with Crippen molar-refractivity contribution in [2.75, 3.05) is 7.05 Å². The SMILES string of the molecule is [2H]C([2H])([2H])c1ccc(C#Cc2ccccc2C#[N+]C)c(C#CC)c1. The summed E-state index contributed by atoms with van der Waals surface area (Å²) in [6, 6.07) is 15.3. The predicted octanol–water partition coefficient (Wildman–Crippen LogP) is 4.08. The molecule has 2 aromatic rings. The van der Waals surface area contributed by atoms with Crippen molar-refractivity contribution in [1.82, 2.24) is 0 Å². The largest absolute Gasteiger partial charge is 0.311 e. The molecule has 0 bridgehead atoms. The Morgan fingerprint density at radius 2 is 1.62 bits per heavy atom. The summed E-state index contributed by atoms with van der Waals surface area (Å²) < 4.78 is 22.5. The molecule has 0 fully saturated rings. The fraction of sp³-hybridized carbons (Fsp3) is 0.150. The summed E-state index contributed by atoms with van der Waals surface area (Å²) in [6.45, 7) is -0.448. The molecule has 0 saturated carbocycles. The van der Waals surface area contributed by atoms with Gasteiger partial charge < -0.3 is 0 Å². The second-order valence-corrected chi connectivity index (χ2v) is 4.27. The van der Waals surface area contributed by atoms with E-state index in [0.717, 1.165) is 11.1 Å². The van der Waals surface area contributed by atoms with Crippen LogP contribution in [0.4, 0.5) is 0 Å². The van der Waals surface area contributed by atoms with E-state index in [2.05, 4.69) is 34.6 Å². The van der Waals surface area contributed by atoms with E-state index in [1.807, 2.05) is 24.3 Å². The highest BCUT2D eigenvalue weighted by atomic mass is 14.6. The van der Waals surface area contributed by atoms with Crippen molar-refractivity contribution in [2.24, 2.45) is 0 Å². The van der Waals surface area contributed by atoms with Crippen molar-refractivity contribution >= 4 is 0 Å². The number of benzene rings is 2. The lowest BCUT2D eigenvalue weighted by atomic mass is 10.0. The third-order valence-corrected chi connectivity index (χ3v) is 2.77. The standard InChI is InChI=1S/C20H16N/c1-4-7-19-14-16(2)10-11-18(19)13-12-17-8-5-6-9-20(17)15-21-3/h5-6,8-11,14H,1-3H3/q+1/i2D3. The molecular weight excluding hydrogens is 254 g/mol. The summed E-state index contributed by atoms with van der Waals surface area (Å²) in [5.41, 5.74) is 3.19. The minimum absolute atomic E-state index is 0.262. The van der Waals surface area contributed by atoms with Crippen LogP contribution in [0.5, 0.6) is 0 Å². The third-order valence-electron chi connectivity index (χ3n) is 2.77. The average Bonchev–Trinajstić information content (AvgIpc) is 2.54. The van der Waals surface area contributed by atoms with Gasteiger partial charge in [0.25, 0.3) is 7.05 Å². The number of aryl methyl sites for hydroxylation is 1. The molecule has 0 aliphatic carbocycles. The Kier molecular flexibility index (Phi) is 3.60. The summed E-state index contributed by atoms with van der Waals surface area (Å²) in [5, 5.41) is 0. The van der Waals surface area contributed by atoms with Crippen LogP contribution in [0.25, 0.3) is 4.85 Å². The van der Waals surface area contributed by atoms with Gasteiger partial charge in [0.15, 0.2) is 0 Å². The van der Waals surface area contributed by atoms with E-state index in [1.54, 1.807) is 32.2 Å². The monoisotopic (exact) mass is 273 g/mol. The normalized spacial score (nSPS) is 11.2. The predicted molar refractivity (Wildman–Crippen MR) is 88.4 cm³/mol. The molecule has 0 aliphatic rings. The Balaban J connectivity index is 2.51. The van der Waals surface area contributed by atoms with Gasteiger partial charge in [-0.3, -0.25) is 0 Å². The molecular formula is C20H16N+. The third kappa shape index (κ3) is 3.76. The maximum absolute atomic E-state index is 7.51. The minimum atomic E-state index is -2.16. The molecule has 2 rings (SSSR count). The van der Waals surface area contributed by atoms with Crippen molar-refractivity contribution in [3.63, 3.8) is 0 Å². The van der Waals surface area contributed by atoms with Crippen molar-refractivity contribution < 1.29 is 4.11 Å². The van der Waals surface area contributed by atoms with Gasteiger partial charge in [-0.05, 0) is 43.6 Å². The lowest BCUT2D eigenvalue weighted by molar-refractivity contribution is 1.43. The number of hydrogen-bond donors (Lipinski definition) is 0. The first-order chi connectivity index (χ1) is 11.5. The zero-order valence-electron chi connectivity index (χ0n) is 15.0. The van der Waals surface area contributed by atoms with Gasteiger partial charge in [-0.1, -0.05) is 40.8 Å². The Morgan fingerprint density at radius 3 is 2.29 bits per heavy atom. The zero-order chi connectivity index (χ0) is 17.6. The summed E-state index contributed by atoms with van der Waals surface area (Å²) in [6.07, 6.45) is 0. The summed E-state index contributed by atoms with van der Waals surface area (Å²) in [4.78, 5) is 3.90. The molecule has 0 saturated heterocycles. The van der Waals surface area contributed by atoms with Crippen LogP contribution in [0.15, 0.2) is 42.5 Å². The molecule has 21 heavy (non-hydrogen) atoms. The van der Waals surface area contributed by atoms with E-state index in [4.69, 9.17) is 4.11 Å². The molecule has 100 valence electrons. The maximum Gasteiger partial charge on any atom is 0.311 e. The molecule has 2 aromatic carbocycles. The fourth-order valence-corrected chi connectivity index (χ4v) is 1.84. The Bertz CT molecular complexity index is 936. The molecule has 0 atom stereocenters. The van der Waals surface area contributed by atoms with Crippen LogP contribution in [0.1, 0.15) is 38.9 Å². The first-order valence-corrected chi connectivity index (χ1v) is 6.49. The lowest BCUT2D eigenvalue weighted by Gasteiger charge is -1.98. The van der Waals surface area contributed by atoms with Gasteiger partial charge in [0.1, 0.15) is 5.56 Å². The number of nitrogens with zero attached hydrogens (tertiary/aromatic N) is 1. The second kappa shape index (κ2) is 7.00. The molecule has 0 radical (unpaired) electrons. The maximum atomic E-state index is 7.51. The van der Waals surface area contributed by atoms with Crippen molar-refractivity contribution in [3.8, 4) is 29.8 Å². The van der Waals surface area contributed by atoms with Gasteiger partial charge in [-0.2, -0.15) is 0 Å². The van der Waals surface area contributed by atoms with Crippen LogP contribution >= 0.6 is 0 Å². The number of rotatable bonds is 0. The minimum Gasteiger partial charge on any atom is -0.101 e. The summed E-state index contributed by atoms with van der Waals surface area (Å²) in [5.74, 6) is 11.9. The van der Waals surface area contributed by atoms with E-state index >= 15 is 0 Å². The first-order valence-electron chi connectivity index (χ1n) is 7.99. The van der Waals surface area contributed by atoms with Gasteiger partial charge >= 0.3 is 6.07 Å². The molecule has 0 N–H and O–H groups in total. The molecule has 0 unspecified atom stereocenters. The molecule has 0 heterocycles. The van der Waals surface area contributed by atoms with Crippen LogP contribution in [0.3, 0.4) is 0 Å². The Labute approximate surface area is 130 Å². The molecule has 0 spiro atoms. The Hall–Kier alpha value is -2.95. The van der Waals surface area contributed by atoms with E-state index < -0.39 is 6.85 Å². The van der Waals surface area contributed by atoms with Crippen LogP contribution in [-0.4, -0.2) is 7.05 Å². The summed E-state index contributed by atoms with van der Waals surface area (Å²) in [7, 11) is 1.66. The van der Waals surface area contributed by atoms with E-state index in [9.17, 15) is 0 Å². The highest BCUT2D eigenvalue weighted by Crippen LogP contribution is 2.11. The van der Waals surface area contributed by atoms with Gasteiger partial charge in [-0.15, -0.1) is 5.92 Å². The van der Waals surface area contributed by atoms with Crippen molar-refractivity contribution in [1.29, 1.82) is 0 Å². The first kappa shape index (κ1) is 10.8. The topological polar surface area (TPSA) is 4.36 Å². The Morgan fingerprint density at radius 1 is 0.905 bits per heavy atom. The quantitative estimate of drug-likeness (QED) is 0.637. The number of hydrogen-bond acceptors (Lipinski definition) is 0. The van der Waals surface area contributed by atoms with Gasteiger partial charge in [0.05, 0.1) is 0 Å². The van der Waals surface area contributed by atoms with E-state index in [1.165, 1.54) is 0 Å². The summed E-state index contributed by atoms with van der Waals surface area (Å²) >= 11 is 0. The van der Waals surface area contributed by atoms with Crippen LogP contribution in [-0.2, 0) is 0 Å². The molecule has 0 aromatic heterocycles. The molecule has 1 heteroatoms. The second-order valence-electron chi connectivity index (χ2n) is 4.27.